The monoisotopic (exact) mass is 347 g/mol. The van der Waals surface area contributed by atoms with Crippen molar-refractivity contribution in [3.63, 3.8) is 0 Å². The molecular formula is C20H21N5O. The third-order valence-corrected chi connectivity index (χ3v) is 4.46. The van der Waals surface area contributed by atoms with Crippen LogP contribution in [0.15, 0.2) is 59.5 Å². The van der Waals surface area contributed by atoms with Crippen molar-refractivity contribution >= 4 is 22.7 Å². The molecule has 0 amide bonds. The summed E-state index contributed by atoms with van der Waals surface area (Å²) in [6.45, 7) is 1.45. The van der Waals surface area contributed by atoms with Gasteiger partial charge >= 0.3 is 0 Å². The fraction of sp³-hybridized carbons (Fsp3) is 0.250. The number of rotatable bonds is 5. The third-order valence-electron chi connectivity index (χ3n) is 4.46. The molecule has 3 aromatic heterocycles. The van der Waals surface area contributed by atoms with Crippen molar-refractivity contribution in [3.05, 3.63) is 65.6 Å². The fourth-order valence-corrected chi connectivity index (χ4v) is 3.14. The van der Waals surface area contributed by atoms with Gasteiger partial charge in [0, 0.05) is 49.1 Å². The normalized spacial score (nSPS) is 14.0. The molecule has 0 atom stereocenters. The first-order valence-electron chi connectivity index (χ1n) is 8.71. The zero-order valence-electron chi connectivity index (χ0n) is 14.7. The van der Waals surface area contributed by atoms with Crippen LogP contribution in [-0.4, -0.2) is 41.0 Å². The number of nitrogens with zero attached hydrogens (tertiary/aromatic N) is 3. The van der Waals surface area contributed by atoms with Gasteiger partial charge in [-0.25, -0.2) is 9.97 Å². The van der Waals surface area contributed by atoms with Crippen molar-refractivity contribution in [1.29, 1.82) is 0 Å². The highest BCUT2D eigenvalue weighted by Crippen LogP contribution is 2.19. The number of aliphatic imine (C=N–C) groups is 1. The van der Waals surface area contributed by atoms with E-state index in [2.05, 4.69) is 43.5 Å². The summed E-state index contributed by atoms with van der Waals surface area (Å²) in [5, 5.41) is 4.50. The largest absolute Gasteiger partial charge is 0.481 e. The van der Waals surface area contributed by atoms with Gasteiger partial charge in [-0.3, -0.25) is 4.99 Å². The minimum atomic E-state index is 0.660. The second-order valence-corrected chi connectivity index (χ2v) is 6.20. The summed E-state index contributed by atoms with van der Waals surface area (Å²) in [4.78, 5) is 16.5. The molecule has 4 heterocycles. The lowest BCUT2D eigenvalue weighted by Crippen LogP contribution is -2.18. The van der Waals surface area contributed by atoms with E-state index < -0.39 is 0 Å². The van der Waals surface area contributed by atoms with E-state index in [1.807, 2.05) is 24.5 Å². The van der Waals surface area contributed by atoms with Crippen molar-refractivity contribution in [1.82, 2.24) is 15.0 Å². The Morgan fingerprint density at radius 1 is 1.23 bits per heavy atom. The Morgan fingerprint density at radius 2 is 2.19 bits per heavy atom. The number of methoxy groups -OCH3 is 1. The highest BCUT2D eigenvalue weighted by molar-refractivity contribution is 5.94. The summed E-state index contributed by atoms with van der Waals surface area (Å²) in [5.41, 5.74) is 4.39. The lowest BCUT2D eigenvalue weighted by molar-refractivity contribution is 0.399. The van der Waals surface area contributed by atoms with Crippen LogP contribution in [0, 0.1) is 0 Å². The maximum Gasteiger partial charge on any atom is 0.213 e. The Kier molecular flexibility index (Phi) is 4.64. The van der Waals surface area contributed by atoms with Crippen molar-refractivity contribution < 1.29 is 4.74 Å². The van der Waals surface area contributed by atoms with E-state index >= 15 is 0 Å². The van der Waals surface area contributed by atoms with Crippen LogP contribution in [0.3, 0.4) is 0 Å². The minimum Gasteiger partial charge on any atom is -0.481 e. The highest BCUT2D eigenvalue weighted by atomic mass is 16.5. The van der Waals surface area contributed by atoms with Gasteiger partial charge < -0.3 is 15.0 Å². The Balaban J connectivity index is 1.41. The maximum absolute atomic E-state index is 5.32. The second kappa shape index (κ2) is 7.39. The topological polar surface area (TPSA) is 75.2 Å². The number of aromatic nitrogens is 3. The van der Waals surface area contributed by atoms with E-state index in [1.165, 1.54) is 5.56 Å². The van der Waals surface area contributed by atoms with Gasteiger partial charge in [0.1, 0.15) is 11.5 Å². The van der Waals surface area contributed by atoms with Gasteiger partial charge in [-0.1, -0.05) is 12.1 Å². The quantitative estimate of drug-likeness (QED) is 0.742. The molecule has 3 aromatic rings. The molecule has 0 unspecified atom stereocenters. The number of fused-ring (bicyclic) bond motifs is 1. The van der Waals surface area contributed by atoms with Crippen molar-refractivity contribution in [2.24, 2.45) is 4.99 Å². The number of H-pyrrole nitrogens is 1. The molecule has 6 nitrogen and oxygen atoms in total. The first-order valence-corrected chi connectivity index (χ1v) is 8.71. The standard InChI is InChI=1S/C20H21N5O/c1-26-20-15(4-2-9-22-20)12-24-18-7-6-14(11-23-18)10-16-13-25-19-17(16)5-3-8-21-19/h3-8,11,13H,2,9-10,12H2,1H3,(H,21,25)(H,23,24). The van der Waals surface area contributed by atoms with Crippen LogP contribution in [0.4, 0.5) is 5.82 Å². The molecule has 0 aliphatic carbocycles. The van der Waals surface area contributed by atoms with Gasteiger partial charge in [0.05, 0.1) is 7.11 Å². The number of hydrogen-bond donors (Lipinski definition) is 2. The van der Waals surface area contributed by atoms with Crippen molar-refractivity contribution in [2.45, 2.75) is 12.8 Å². The van der Waals surface area contributed by atoms with Gasteiger partial charge in [0.2, 0.25) is 5.90 Å². The van der Waals surface area contributed by atoms with Gasteiger partial charge in [-0.05, 0) is 35.7 Å². The van der Waals surface area contributed by atoms with Crippen LogP contribution < -0.4 is 5.32 Å². The number of dihydropyridines is 1. The second-order valence-electron chi connectivity index (χ2n) is 6.20. The van der Waals surface area contributed by atoms with E-state index in [0.717, 1.165) is 47.4 Å². The molecule has 26 heavy (non-hydrogen) atoms. The predicted molar refractivity (Wildman–Crippen MR) is 104 cm³/mol. The summed E-state index contributed by atoms with van der Waals surface area (Å²) in [6.07, 6.45) is 9.67. The van der Waals surface area contributed by atoms with Gasteiger partial charge in [0.25, 0.3) is 0 Å². The first-order chi connectivity index (χ1) is 12.8. The first kappa shape index (κ1) is 16.3. The highest BCUT2D eigenvalue weighted by Gasteiger charge is 2.11. The Hall–Kier alpha value is -3.15. The van der Waals surface area contributed by atoms with Crippen molar-refractivity contribution in [2.75, 3.05) is 25.5 Å². The molecular weight excluding hydrogens is 326 g/mol. The average Bonchev–Trinajstić information content (AvgIpc) is 3.11. The maximum atomic E-state index is 5.32. The SMILES string of the molecule is COC1=NCCC=C1CNc1ccc(Cc2c[nH]c3ncccc23)cn1. The van der Waals surface area contributed by atoms with E-state index in [1.54, 1.807) is 13.3 Å². The summed E-state index contributed by atoms with van der Waals surface area (Å²) in [7, 11) is 1.66. The minimum absolute atomic E-state index is 0.660. The summed E-state index contributed by atoms with van der Waals surface area (Å²) < 4.78 is 5.32. The predicted octanol–water partition coefficient (Wildman–Crippen LogP) is 3.34. The zero-order chi connectivity index (χ0) is 17.8. The van der Waals surface area contributed by atoms with Gasteiger partial charge in [-0.15, -0.1) is 0 Å². The van der Waals surface area contributed by atoms with E-state index in [4.69, 9.17) is 4.74 Å². The number of ether oxygens (including phenoxy) is 1. The molecule has 2 N–H and O–H groups in total. The number of pyridine rings is 2. The van der Waals surface area contributed by atoms with Gasteiger partial charge in [0.15, 0.2) is 0 Å². The molecule has 0 spiro atoms. The van der Waals surface area contributed by atoms with E-state index in [-0.39, 0.29) is 0 Å². The summed E-state index contributed by atoms with van der Waals surface area (Å²) in [5.74, 6) is 1.56. The number of anilines is 1. The van der Waals surface area contributed by atoms with Crippen LogP contribution in [0.1, 0.15) is 17.5 Å². The molecule has 0 aromatic carbocycles. The molecule has 1 aliphatic heterocycles. The Bertz CT molecular complexity index is 956. The van der Waals surface area contributed by atoms with Crippen LogP contribution >= 0.6 is 0 Å². The smallest absolute Gasteiger partial charge is 0.213 e. The molecule has 0 bridgehead atoms. The molecule has 4 rings (SSSR count). The van der Waals surface area contributed by atoms with Crippen molar-refractivity contribution in [3.8, 4) is 0 Å². The van der Waals surface area contributed by atoms with E-state index in [9.17, 15) is 0 Å². The lowest BCUT2D eigenvalue weighted by Gasteiger charge is -2.14. The van der Waals surface area contributed by atoms with Gasteiger partial charge in [-0.2, -0.15) is 0 Å². The number of aromatic amines is 1. The Labute approximate surface area is 152 Å². The molecule has 0 radical (unpaired) electrons. The van der Waals surface area contributed by atoms with Crippen LogP contribution in [-0.2, 0) is 11.2 Å². The number of nitrogens with one attached hydrogen (secondary N) is 2. The van der Waals surface area contributed by atoms with Crippen LogP contribution in [0.25, 0.3) is 11.0 Å². The van der Waals surface area contributed by atoms with E-state index in [0.29, 0.717) is 12.4 Å². The lowest BCUT2D eigenvalue weighted by atomic mass is 10.1. The number of hydrogen-bond acceptors (Lipinski definition) is 5. The summed E-state index contributed by atoms with van der Waals surface area (Å²) in [6, 6.07) is 8.16. The molecule has 0 fully saturated rings. The molecule has 0 saturated heterocycles. The molecule has 1 aliphatic rings. The van der Waals surface area contributed by atoms with Crippen LogP contribution in [0.2, 0.25) is 0 Å². The van der Waals surface area contributed by atoms with Crippen LogP contribution in [0.5, 0.6) is 0 Å². The third kappa shape index (κ3) is 3.44. The molecule has 132 valence electrons. The Morgan fingerprint density at radius 3 is 3.04 bits per heavy atom. The zero-order valence-corrected chi connectivity index (χ0v) is 14.7. The summed E-state index contributed by atoms with van der Waals surface area (Å²) >= 11 is 0. The molecule has 6 heteroatoms. The molecule has 0 saturated carbocycles. The average molecular weight is 347 g/mol. The fourth-order valence-electron chi connectivity index (χ4n) is 3.14.